The minimum atomic E-state index is -0.476. The lowest BCUT2D eigenvalue weighted by atomic mass is 10.1. The molecule has 2 aromatic rings. The van der Waals surface area contributed by atoms with Crippen LogP contribution in [0, 0.1) is 5.82 Å². The molecule has 116 valence electrons. The molecule has 0 saturated heterocycles. The van der Waals surface area contributed by atoms with Crippen LogP contribution in [0.2, 0.25) is 0 Å². The molecule has 5 heteroatoms. The number of nitrogens with zero attached hydrogens (tertiary/aromatic N) is 1. The molecule has 0 unspecified atom stereocenters. The highest BCUT2D eigenvalue weighted by Crippen LogP contribution is 2.19. The Morgan fingerprint density at radius 2 is 1.83 bits per heavy atom. The molecule has 23 heavy (non-hydrogen) atoms. The van der Waals surface area contributed by atoms with Crippen LogP contribution in [-0.2, 0) is 16.0 Å². The lowest BCUT2D eigenvalue weighted by molar-refractivity contribution is -0.130. The van der Waals surface area contributed by atoms with E-state index in [4.69, 9.17) is 4.74 Å². The summed E-state index contributed by atoms with van der Waals surface area (Å²) in [6, 6.07) is 14.1. The molecule has 0 bridgehead atoms. The maximum atomic E-state index is 13.6. The maximum Gasteiger partial charge on any atom is 0.363 e. The number of halogens is 2. The predicted octanol–water partition coefficient (Wildman–Crippen LogP) is 4.52. The van der Waals surface area contributed by atoms with E-state index >= 15 is 0 Å². The van der Waals surface area contributed by atoms with Gasteiger partial charge in [0.05, 0.1) is 0 Å². The first kappa shape index (κ1) is 15.6. The second-order valence-corrected chi connectivity index (χ2v) is 5.98. The van der Waals surface area contributed by atoms with Crippen molar-refractivity contribution in [3.8, 4) is 0 Å². The van der Waals surface area contributed by atoms with Crippen molar-refractivity contribution >= 4 is 33.9 Å². The Hall–Kier alpha value is -2.27. The largest absolute Gasteiger partial charge is 0.407 e. The zero-order chi connectivity index (χ0) is 16.2. The molecule has 0 atom stereocenters. The summed E-state index contributed by atoms with van der Waals surface area (Å²) in [5, 5.41) is 0. The van der Waals surface area contributed by atoms with Crippen molar-refractivity contribution in [3.63, 3.8) is 0 Å². The monoisotopic (exact) mass is 373 g/mol. The zero-order valence-corrected chi connectivity index (χ0v) is 13.7. The van der Waals surface area contributed by atoms with E-state index < -0.39 is 5.97 Å². The van der Waals surface area contributed by atoms with Crippen molar-refractivity contribution in [2.75, 3.05) is 0 Å². The van der Waals surface area contributed by atoms with E-state index in [0.29, 0.717) is 24.3 Å². The van der Waals surface area contributed by atoms with Crippen LogP contribution < -0.4 is 0 Å². The smallest absolute Gasteiger partial charge is 0.363 e. The van der Waals surface area contributed by atoms with Crippen molar-refractivity contribution in [3.05, 3.63) is 75.6 Å². The van der Waals surface area contributed by atoms with Crippen LogP contribution in [-0.4, -0.2) is 11.9 Å². The Balaban J connectivity index is 1.71. The van der Waals surface area contributed by atoms with E-state index in [1.165, 1.54) is 6.07 Å². The second kappa shape index (κ2) is 6.87. The highest BCUT2D eigenvalue weighted by atomic mass is 79.9. The molecular weight excluding hydrogens is 361 g/mol. The summed E-state index contributed by atoms with van der Waals surface area (Å²) in [5.74, 6) is -0.416. The number of hydrogen-bond acceptors (Lipinski definition) is 3. The van der Waals surface area contributed by atoms with Crippen LogP contribution in [0.4, 0.5) is 4.39 Å². The first-order chi connectivity index (χ1) is 11.1. The molecule has 3 nitrogen and oxygen atoms in total. The van der Waals surface area contributed by atoms with Crippen LogP contribution >= 0.6 is 15.9 Å². The molecule has 0 aromatic heterocycles. The van der Waals surface area contributed by atoms with Crippen LogP contribution in [0.25, 0.3) is 6.08 Å². The van der Waals surface area contributed by atoms with E-state index in [1.807, 2.05) is 24.3 Å². The summed E-state index contributed by atoms with van der Waals surface area (Å²) in [6.45, 7) is 0. The van der Waals surface area contributed by atoms with Crippen LogP contribution in [0.15, 0.2) is 63.7 Å². The molecule has 1 heterocycles. The summed E-state index contributed by atoms with van der Waals surface area (Å²) in [5.41, 5.74) is 1.70. The maximum absolute atomic E-state index is 13.6. The van der Waals surface area contributed by atoms with Gasteiger partial charge in [-0.1, -0.05) is 46.3 Å². The van der Waals surface area contributed by atoms with E-state index in [9.17, 15) is 9.18 Å². The second-order valence-electron chi connectivity index (χ2n) is 5.07. The summed E-state index contributed by atoms with van der Waals surface area (Å²) < 4.78 is 19.7. The van der Waals surface area contributed by atoms with Gasteiger partial charge in [-0.3, -0.25) is 0 Å². The number of ether oxygens (including phenoxy) is 1. The number of benzene rings is 2. The number of carbonyl (C=O) groups excluding carboxylic acids is 1. The van der Waals surface area contributed by atoms with Gasteiger partial charge in [0.25, 0.3) is 0 Å². The summed E-state index contributed by atoms with van der Waals surface area (Å²) >= 11 is 3.36. The lowest BCUT2D eigenvalue weighted by Gasteiger charge is -2.01. The van der Waals surface area contributed by atoms with Crippen molar-refractivity contribution in [1.29, 1.82) is 0 Å². The van der Waals surface area contributed by atoms with E-state index in [0.717, 1.165) is 10.0 Å². The van der Waals surface area contributed by atoms with E-state index in [2.05, 4.69) is 20.9 Å². The van der Waals surface area contributed by atoms with Crippen molar-refractivity contribution in [1.82, 2.24) is 0 Å². The first-order valence-electron chi connectivity index (χ1n) is 7.12. The molecule has 0 radical (unpaired) electrons. The third kappa shape index (κ3) is 3.93. The number of rotatable bonds is 4. The minimum Gasteiger partial charge on any atom is -0.407 e. The molecule has 0 aliphatic carbocycles. The normalized spacial score (nSPS) is 15.7. The molecule has 0 N–H and O–H groups in total. The van der Waals surface area contributed by atoms with Gasteiger partial charge in [-0.2, -0.15) is 0 Å². The summed E-state index contributed by atoms with van der Waals surface area (Å²) in [6.07, 6.45) is 2.49. The van der Waals surface area contributed by atoms with Gasteiger partial charge in [-0.05, 0) is 41.8 Å². The van der Waals surface area contributed by atoms with Gasteiger partial charge in [0.2, 0.25) is 0 Å². The van der Waals surface area contributed by atoms with Crippen LogP contribution in [0.1, 0.15) is 17.5 Å². The molecular formula is C18H13BrFNO2. The highest BCUT2D eigenvalue weighted by Gasteiger charge is 2.22. The van der Waals surface area contributed by atoms with Gasteiger partial charge in [-0.25, -0.2) is 14.2 Å². The Labute approximate surface area is 141 Å². The highest BCUT2D eigenvalue weighted by molar-refractivity contribution is 9.10. The summed E-state index contributed by atoms with van der Waals surface area (Å²) in [7, 11) is 0. The fraction of sp³-hybridized carbons (Fsp3) is 0.111. The third-order valence-corrected chi connectivity index (χ3v) is 3.93. The average molecular weight is 374 g/mol. The SMILES string of the molecule is O=C1OC(CCc2ccccc2F)=N/C1=C/c1ccc(Br)cc1. The Morgan fingerprint density at radius 1 is 1.09 bits per heavy atom. The van der Waals surface area contributed by atoms with Gasteiger partial charge in [-0.15, -0.1) is 0 Å². The number of esters is 1. The van der Waals surface area contributed by atoms with Crippen LogP contribution in [0.3, 0.4) is 0 Å². The number of cyclic esters (lactones) is 1. The Kier molecular flexibility index (Phi) is 4.67. The first-order valence-corrected chi connectivity index (χ1v) is 7.91. The molecule has 3 rings (SSSR count). The molecule has 0 saturated carbocycles. The predicted molar refractivity (Wildman–Crippen MR) is 90.4 cm³/mol. The quantitative estimate of drug-likeness (QED) is 0.583. The van der Waals surface area contributed by atoms with Gasteiger partial charge >= 0.3 is 5.97 Å². The molecule has 2 aromatic carbocycles. The van der Waals surface area contributed by atoms with E-state index in [-0.39, 0.29) is 11.5 Å². The number of aryl methyl sites for hydroxylation is 1. The van der Waals surface area contributed by atoms with Crippen LogP contribution in [0.5, 0.6) is 0 Å². The van der Waals surface area contributed by atoms with Crippen molar-refractivity contribution in [2.24, 2.45) is 4.99 Å². The zero-order valence-electron chi connectivity index (χ0n) is 12.1. The number of hydrogen-bond donors (Lipinski definition) is 0. The van der Waals surface area contributed by atoms with Gasteiger partial charge in [0, 0.05) is 10.9 Å². The third-order valence-electron chi connectivity index (χ3n) is 3.40. The number of aliphatic imine (C=N–C) groups is 1. The van der Waals surface area contributed by atoms with Crippen molar-refractivity contribution < 1.29 is 13.9 Å². The molecule has 0 amide bonds. The molecule has 0 spiro atoms. The molecule has 1 aliphatic rings. The Bertz CT molecular complexity index is 797. The minimum absolute atomic E-state index is 0.260. The van der Waals surface area contributed by atoms with E-state index in [1.54, 1.807) is 24.3 Å². The standard InChI is InChI=1S/C18H13BrFNO2/c19-14-8-5-12(6-9-14)11-16-18(22)23-17(21-16)10-7-13-3-1-2-4-15(13)20/h1-6,8-9,11H,7,10H2/b16-11+. The Morgan fingerprint density at radius 3 is 2.57 bits per heavy atom. The van der Waals surface area contributed by atoms with Gasteiger partial charge < -0.3 is 4.74 Å². The summed E-state index contributed by atoms with van der Waals surface area (Å²) in [4.78, 5) is 16.0. The lowest BCUT2D eigenvalue weighted by Crippen LogP contribution is -2.05. The molecule has 0 fully saturated rings. The number of carbonyl (C=O) groups is 1. The fourth-order valence-corrected chi connectivity index (χ4v) is 2.48. The topological polar surface area (TPSA) is 38.7 Å². The van der Waals surface area contributed by atoms with Crippen molar-refractivity contribution in [2.45, 2.75) is 12.8 Å². The average Bonchev–Trinajstić information content (AvgIpc) is 2.89. The fourth-order valence-electron chi connectivity index (χ4n) is 2.22. The molecule has 1 aliphatic heterocycles. The van der Waals surface area contributed by atoms with Gasteiger partial charge in [0.15, 0.2) is 11.6 Å². The van der Waals surface area contributed by atoms with Gasteiger partial charge in [0.1, 0.15) is 5.82 Å².